The van der Waals surface area contributed by atoms with Gasteiger partial charge in [0.15, 0.2) is 0 Å². The number of H-pyrrole nitrogens is 1. The molecule has 0 saturated heterocycles. The van der Waals surface area contributed by atoms with Crippen molar-refractivity contribution in [3.05, 3.63) is 39.6 Å². The van der Waals surface area contributed by atoms with E-state index in [1.165, 1.54) is 16.7 Å². The molecular weight excluding hydrogens is 290 g/mol. The molecule has 0 aliphatic carbocycles. The van der Waals surface area contributed by atoms with Crippen molar-refractivity contribution in [1.82, 2.24) is 15.5 Å². The van der Waals surface area contributed by atoms with Gasteiger partial charge in [0.1, 0.15) is 0 Å². The summed E-state index contributed by atoms with van der Waals surface area (Å²) < 4.78 is 1.10. The van der Waals surface area contributed by atoms with Crippen molar-refractivity contribution < 1.29 is 0 Å². The largest absolute Gasteiger partial charge is 0.319 e. The summed E-state index contributed by atoms with van der Waals surface area (Å²) in [5.74, 6) is 0. The minimum Gasteiger partial charge on any atom is -0.319 e. The summed E-state index contributed by atoms with van der Waals surface area (Å²) in [4.78, 5) is 0. The average Bonchev–Trinajstić information content (AvgIpc) is 2.71. The molecule has 0 aliphatic rings. The molecule has 2 rings (SSSR count). The van der Waals surface area contributed by atoms with Gasteiger partial charge in [-0.1, -0.05) is 22.0 Å². The summed E-state index contributed by atoms with van der Waals surface area (Å²) in [6, 6.07) is 6.37. The minimum absolute atomic E-state index is 0.933. The zero-order valence-electron chi connectivity index (χ0n) is 11.0. The van der Waals surface area contributed by atoms with E-state index in [-0.39, 0.29) is 0 Å². The van der Waals surface area contributed by atoms with Crippen molar-refractivity contribution in [3.63, 3.8) is 0 Å². The van der Waals surface area contributed by atoms with Crippen LogP contribution in [0.1, 0.15) is 17.0 Å². The Hall–Kier alpha value is -1.13. The highest BCUT2D eigenvalue weighted by atomic mass is 79.9. The molecule has 3 nitrogen and oxygen atoms in total. The average molecular weight is 308 g/mol. The molecule has 0 fully saturated rings. The van der Waals surface area contributed by atoms with E-state index in [0.717, 1.165) is 28.8 Å². The first kappa shape index (κ1) is 13.3. The van der Waals surface area contributed by atoms with Gasteiger partial charge >= 0.3 is 0 Å². The number of aromatic nitrogens is 2. The van der Waals surface area contributed by atoms with E-state index in [9.17, 15) is 0 Å². The van der Waals surface area contributed by atoms with E-state index in [1.54, 1.807) is 0 Å². The van der Waals surface area contributed by atoms with Gasteiger partial charge in [-0.15, -0.1) is 0 Å². The molecule has 0 atom stereocenters. The van der Waals surface area contributed by atoms with Gasteiger partial charge in [0.05, 0.1) is 5.69 Å². The van der Waals surface area contributed by atoms with Crippen LogP contribution in [-0.2, 0) is 6.42 Å². The van der Waals surface area contributed by atoms with Gasteiger partial charge in [-0.2, -0.15) is 5.10 Å². The number of aryl methyl sites for hydroxylation is 2. The Morgan fingerprint density at radius 1 is 1.33 bits per heavy atom. The van der Waals surface area contributed by atoms with Crippen LogP contribution in [0, 0.1) is 13.8 Å². The van der Waals surface area contributed by atoms with Gasteiger partial charge in [-0.3, -0.25) is 5.10 Å². The molecule has 4 heteroatoms. The Kier molecular flexibility index (Phi) is 4.19. The van der Waals surface area contributed by atoms with Crippen molar-refractivity contribution in [3.8, 4) is 11.1 Å². The van der Waals surface area contributed by atoms with E-state index >= 15 is 0 Å². The first-order valence-corrected chi connectivity index (χ1v) is 6.87. The molecule has 0 spiro atoms. The van der Waals surface area contributed by atoms with Crippen molar-refractivity contribution in [2.24, 2.45) is 0 Å². The van der Waals surface area contributed by atoms with E-state index in [0.29, 0.717) is 0 Å². The summed E-state index contributed by atoms with van der Waals surface area (Å²) in [7, 11) is 1.96. The molecule has 0 aliphatic heterocycles. The van der Waals surface area contributed by atoms with Gasteiger partial charge in [0.2, 0.25) is 0 Å². The highest BCUT2D eigenvalue weighted by Gasteiger charge is 2.14. The Morgan fingerprint density at radius 3 is 2.83 bits per heavy atom. The van der Waals surface area contributed by atoms with Gasteiger partial charge in [-0.25, -0.2) is 0 Å². The molecule has 18 heavy (non-hydrogen) atoms. The van der Waals surface area contributed by atoms with E-state index < -0.39 is 0 Å². The molecule has 0 saturated carbocycles. The minimum atomic E-state index is 0.933. The number of halogens is 1. The Morgan fingerprint density at radius 2 is 2.11 bits per heavy atom. The van der Waals surface area contributed by atoms with Crippen molar-refractivity contribution >= 4 is 15.9 Å². The standard InChI is InChI=1S/C14H18BrN3/c1-9-4-5-11(15)8-12(9)14-10(2)17-18-13(14)6-7-16-3/h4-5,8,16H,6-7H2,1-3H3,(H,17,18). The molecule has 2 aromatic rings. The summed E-state index contributed by atoms with van der Waals surface area (Å²) >= 11 is 3.54. The van der Waals surface area contributed by atoms with Crippen LogP contribution in [0.25, 0.3) is 11.1 Å². The SMILES string of the molecule is CNCCc1n[nH]c(C)c1-c1cc(Br)ccc1C. The molecule has 2 N–H and O–H groups in total. The Labute approximate surface area is 116 Å². The number of benzene rings is 1. The number of hydrogen-bond donors (Lipinski definition) is 2. The van der Waals surface area contributed by atoms with Crippen LogP contribution >= 0.6 is 15.9 Å². The molecule has 1 aromatic heterocycles. The number of nitrogens with one attached hydrogen (secondary N) is 2. The third kappa shape index (κ3) is 2.65. The molecule has 0 unspecified atom stereocenters. The normalized spacial score (nSPS) is 10.9. The topological polar surface area (TPSA) is 40.7 Å². The predicted octanol–water partition coefficient (Wildman–Crippen LogP) is 3.22. The van der Waals surface area contributed by atoms with E-state index in [1.807, 2.05) is 7.05 Å². The van der Waals surface area contributed by atoms with Gasteiger partial charge in [-0.05, 0) is 44.2 Å². The zero-order chi connectivity index (χ0) is 13.1. The van der Waals surface area contributed by atoms with Crippen LogP contribution in [0.5, 0.6) is 0 Å². The number of likely N-dealkylation sites (N-methyl/N-ethyl adjacent to an activating group) is 1. The van der Waals surface area contributed by atoms with Crippen LogP contribution in [0.3, 0.4) is 0 Å². The Balaban J connectivity index is 2.48. The molecule has 96 valence electrons. The van der Waals surface area contributed by atoms with Crippen LogP contribution in [0.2, 0.25) is 0 Å². The molecule has 0 radical (unpaired) electrons. The van der Waals surface area contributed by atoms with Gasteiger partial charge < -0.3 is 5.32 Å². The lowest BCUT2D eigenvalue weighted by atomic mass is 9.98. The summed E-state index contributed by atoms with van der Waals surface area (Å²) in [6.45, 7) is 5.14. The fourth-order valence-electron chi connectivity index (χ4n) is 2.12. The first-order chi connectivity index (χ1) is 8.63. The molecule has 1 aromatic carbocycles. The summed E-state index contributed by atoms with van der Waals surface area (Å²) in [5, 5.41) is 10.7. The summed E-state index contributed by atoms with van der Waals surface area (Å²) in [5.41, 5.74) is 6.02. The monoisotopic (exact) mass is 307 g/mol. The highest BCUT2D eigenvalue weighted by Crippen LogP contribution is 2.31. The Bertz CT molecular complexity index is 546. The predicted molar refractivity (Wildman–Crippen MR) is 78.8 cm³/mol. The fourth-order valence-corrected chi connectivity index (χ4v) is 2.49. The zero-order valence-corrected chi connectivity index (χ0v) is 12.6. The third-order valence-electron chi connectivity index (χ3n) is 3.10. The van der Waals surface area contributed by atoms with E-state index in [2.05, 4.69) is 63.5 Å². The second-order valence-corrected chi connectivity index (χ2v) is 5.40. The van der Waals surface area contributed by atoms with Gasteiger partial charge in [0.25, 0.3) is 0 Å². The van der Waals surface area contributed by atoms with Crippen molar-refractivity contribution in [2.45, 2.75) is 20.3 Å². The third-order valence-corrected chi connectivity index (χ3v) is 3.60. The maximum Gasteiger partial charge on any atom is 0.0716 e. The molecule has 1 heterocycles. The lowest BCUT2D eigenvalue weighted by Gasteiger charge is -2.08. The second kappa shape index (κ2) is 5.67. The summed E-state index contributed by atoms with van der Waals surface area (Å²) in [6.07, 6.45) is 0.933. The van der Waals surface area contributed by atoms with Crippen molar-refractivity contribution in [2.75, 3.05) is 13.6 Å². The van der Waals surface area contributed by atoms with Crippen molar-refractivity contribution in [1.29, 1.82) is 0 Å². The van der Waals surface area contributed by atoms with Crippen LogP contribution in [0.4, 0.5) is 0 Å². The lowest BCUT2D eigenvalue weighted by molar-refractivity contribution is 0.773. The molecule has 0 amide bonds. The quantitative estimate of drug-likeness (QED) is 0.910. The van der Waals surface area contributed by atoms with Crippen LogP contribution in [-0.4, -0.2) is 23.8 Å². The fraction of sp³-hybridized carbons (Fsp3) is 0.357. The highest BCUT2D eigenvalue weighted by molar-refractivity contribution is 9.10. The maximum absolute atomic E-state index is 4.42. The maximum atomic E-state index is 4.42. The molecular formula is C14H18BrN3. The second-order valence-electron chi connectivity index (χ2n) is 4.48. The molecule has 0 bridgehead atoms. The van der Waals surface area contributed by atoms with Crippen LogP contribution in [0.15, 0.2) is 22.7 Å². The van der Waals surface area contributed by atoms with E-state index in [4.69, 9.17) is 0 Å². The van der Waals surface area contributed by atoms with Gasteiger partial charge in [0, 0.05) is 28.7 Å². The van der Waals surface area contributed by atoms with Crippen LogP contribution < -0.4 is 5.32 Å². The smallest absolute Gasteiger partial charge is 0.0716 e. The number of rotatable bonds is 4. The lowest BCUT2D eigenvalue weighted by Crippen LogP contribution is -2.11. The number of nitrogens with zero attached hydrogens (tertiary/aromatic N) is 1. The number of aromatic amines is 1. The first-order valence-electron chi connectivity index (χ1n) is 6.08. The number of hydrogen-bond acceptors (Lipinski definition) is 2.